The highest BCUT2D eigenvalue weighted by molar-refractivity contribution is 5.67. The number of ether oxygens (including phenoxy) is 5. The highest BCUT2D eigenvalue weighted by atomic mass is 16.7. The van der Waals surface area contributed by atoms with Gasteiger partial charge >= 0.3 is 6.09 Å². The van der Waals surface area contributed by atoms with Gasteiger partial charge in [0.05, 0.1) is 12.1 Å². The van der Waals surface area contributed by atoms with E-state index < -0.39 is 12.4 Å². The van der Waals surface area contributed by atoms with Crippen molar-refractivity contribution in [2.24, 2.45) is 5.73 Å². The third kappa shape index (κ3) is 13.6. The predicted octanol–water partition coefficient (Wildman–Crippen LogP) is 4.21. The van der Waals surface area contributed by atoms with Gasteiger partial charge in [-0.3, -0.25) is 0 Å². The van der Waals surface area contributed by atoms with E-state index in [0.717, 1.165) is 12.0 Å². The Kier molecular flexibility index (Phi) is 18.9. The third-order valence-corrected chi connectivity index (χ3v) is 4.43. The van der Waals surface area contributed by atoms with Crippen molar-refractivity contribution in [1.82, 2.24) is 5.32 Å². The van der Waals surface area contributed by atoms with Gasteiger partial charge in [0.15, 0.2) is 12.6 Å². The second-order valence-corrected chi connectivity index (χ2v) is 6.85. The molecule has 0 aliphatic rings. The summed E-state index contributed by atoms with van der Waals surface area (Å²) in [6.45, 7) is 14.3. The first-order valence-electron chi connectivity index (χ1n) is 11.7. The largest absolute Gasteiger partial charge is 0.445 e. The van der Waals surface area contributed by atoms with Crippen LogP contribution in [-0.4, -0.2) is 57.2 Å². The summed E-state index contributed by atoms with van der Waals surface area (Å²) in [5, 5.41) is 2.80. The summed E-state index contributed by atoms with van der Waals surface area (Å²) in [6.07, 6.45) is 0.440. The number of alkyl carbamates (subject to hydrolysis) is 1. The molecule has 186 valence electrons. The van der Waals surface area contributed by atoms with Crippen LogP contribution in [-0.2, 0) is 30.3 Å². The van der Waals surface area contributed by atoms with Gasteiger partial charge in [-0.05, 0) is 46.1 Å². The molecule has 0 radical (unpaired) electrons. The van der Waals surface area contributed by atoms with E-state index in [9.17, 15) is 4.79 Å². The molecule has 1 aromatic carbocycles. The van der Waals surface area contributed by atoms with Crippen LogP contribution in [0.25, 0.3) is 0 Å². The van der Waals surface area contributed by atoms with E-state index in [-0.39, 0.29) is 25.0 Å². The molecule has 1 rings (SSSR count). The standard InChI is InChI=1S/C16H25NO4.C8H19NO2/c1-4-14(15(19-5-2)20-6-3)17-16(18)21-12-13-10-8-7-9-11-13;1-4-7(9)8(10-5-2)11-6-3/h7-11,14-15H,4-6,12H2,1-3H3,(H,17,18);7-8H,4-6,9H2,1-3H3/t14-;7-/m00/s1. The number of hydrogen-bond acceptors (Lipinski definition) is 7. The summed E-state index contributed by atoms with van der Waals surface area (Å²) in [5.74, 6) is 0. The van der Waals surface area contributed by atoms with Crippen molar-refractivity contribution < 1.29 is 28.5 Å². The summed E-state index contributed by atoms with van der Waals surface area (Å²) in [7, 11) is 0. The molecule has 0 saturated carbocycles. The molecule has 0 spiro atoms. The van der Waals surface area contributed by atoms with E-state index in [1.165, 1.54) is 0 Å². The SMILES string of the molecule is CCOC(OCC)[C@@H](N)CC.CCOC(OCC)[C@H](CC)NC(=O)OCc1ccccc1. The van der Waals surface area contributed by atoms with Crippen molar-refractivity contribution in [3.8, 4) is 0 Å². The highest BCUT2D eigenvalue weighted by Gasteiger charge is 2.23. The maximum absolute atomic E-state index is 11.9. The molecular formula is C24H44N2O6. The second kappa shape index (κ2) is 19.9. The average Bonchev–Trinajstić information content (AvgIpc) is 2.81. The summed E-state index contributed by atoms with van der Waals surface area (Å²) in [5.41, 5.74) is 6.69. The van der Waals surface area contributed by atoms with Gasteiger partial charge < -0.3 is 34.7 Å². The van der Waals surface area contributed by atoms with Crippen molar-refractivity contribution in [2.45, 2.75) is 85.7 Å². The molecule has 32 heavy (non-hydrogen) atoms. The average molecular weight is 457 g/mol. The minimum Gasteiger partial charge on any atom is -0.445 e. The molecule has 0 unspecified atom stereocenters. The quantitative estimate of drug-likeness (QED) is 0.381. The Morgan fingerprint density at radius 3 is 1.75 bits per heavy atom. The molecule has 0 fully saturated rings. The second-order valence-electron chi connectivity index (χ2n) is 6.85. The Bertz CT molecular complexity index is 549. The Balaban J connectivity index is 0.000000739. The zero-order valence-electron chi connectivity index (χ0n) is 20.7. The number of carbonyl (C=O) groups is 1. The molecule has 1 aromatic rings. The minimum atomic E-state index is -0.463. The molecule has 0 bridgehead atoms. The summed E-state index contributed by atoms with van der Waals surface area (Å²) < 4.78 is 26.8. The maximum Gasteiger partial charge on any atom is 0.407 e. The van der Waals surface area contributed by atoms with Gasteiger partial charge in [0.2, 0.25) is 0 Å². The molecule has 0 aromatic heterocycles. The van der Waals surface area contributed by atoms with Crippen LogP contribution in [0.1, 0.15) is 59.9 Å². The minimum absolute atomic E-state index is 0.00472. The smallest absolute Gasteiger partial charge is 0.407 e. The van der Waals surface area contributed by atoms with Crippen molar-refractivity contribution in [2.75, 3.05) is 26.4 Å². The van der Waals surface area contributed by atoms with Crippen LogP contribution in [0.3, 0.4) is 0 Å². The number of benzene rings is 1. The van der Waals surface area contributed by atoms with E-state index in [2.05, 4.69) is 5.32 Å². The van der Waals surface area contributed by atoms with E-state index in [4.69, 9.17) is 29.4 Å². The number of nitrogens with two attached hydrogens (primary N) is 1. The lowest BCUT2D eigenvalue weighted by Crippen LogP contribution is -2.45. The fraction of sp³-hybridized carbons (Fsp3) is 0.708. The first kappa shape index (κ1) is 30.3. The summed E-state index contributed by atoms with van der Waals surface area (Å²) >= 11 is 0. The van der Waals surface area contributed by atoms with Gasteiger partial charge in [0.1, 0.15) is 6.61 Å². The van der Waals surface area contributed by atoms with Crippen LogP contribution < -0.4 is 11.1 Å². The fourth-order valence-electron chi connectivity index (χ4n) is 2.70. The summed E-state index contributed by atoms with van der Waals surface area (Å²) in [4.78, 5) is 11.9. The number of carbonyl (C=O) groups excluding carboxylic acids is 1. The topological polar surface area (TPSA) is 101 Å². The molecule has 0 aliphatic heterocycles. The van der Waals surface area contributed by atoms with E-state index in [0.29, 0.717) is 32.8 Å². The molecule has 2 atom stereocenters. The molecule has 8 nitrogen and oxygen atoms in total. The number of rotatable bonds is 15. The van der Waals surface area contributed by atoms with Gasteiger partial charge in [-0.25, -0.2) is 4.79 Å². The predicted molar refractivity (Wildman–Crippen MR) is 126 cm³/mol. The van der Waals surface area contributed by atoms with Crippen LogP contribution in [0, 0.1) is 0 Å². The Morgan fingerprint density at radius 1 is 0.812 bits per heavy atom. The molecule has 1 amide bonds. The van der Waals surface area contributed by atoms with Crippen molar-refractivity contribution in [3.63, 3.8) is 0 Å². The lowest BCUT2D eigenvalue weighted by Gasteiger charge is -2.26. The lowest BCUT2D eigenvalue weighted by atomic mass is 10.2. The third-order valence-electron chi connectivity index (χ3n) is 4.43. The number of amides is 1. The van der Waals surface area contributed by atoms with Crippen molar-refractivity contribution in [1.29, 1.82) is 0 Å². The zero-order chi connectivity index (χ0) is 24.2. The van der Waals surface area contributed by atoms with Crippen molar-refractivity contribution >= 4 is 6.09 Å². The van der Waals surface area contributed by atoms with Crippen LogP contribution in [0.4, 0.5) is 4.79 Å². The van der Waals surface area contributed by atoms with Gasteiger partial charge in [0.25, 0.3) is 0 Å². The fourth-order valence-corrected chi connectivity index (χ4v) is 2.70. The van der Waals surface area contributed by atoms with Gasteiger partial charge in [0, 0.05) is 26.4 Å². The van der Waals surface area contributed by atoms with Crippen LogP contribution in [0.2, 0.25) is 0 Å². The molecule has 3 N–H and O–H groups in total. The Hall–Kier alpha value is -1.71. The van der Waals surface area contributed by atoms with E-state index in [1.807, 2.05) is 71.9 Å². The van der Waals surface area contributed by atoms with E-state index in [1.54, 1.807) is 0 Å². The zero-order valence-corrected chi connectivity index (χ0v) is 20.7. The summed E-state index contributed by atoms with van der Waals surface area (Å²) in [6, 6.07) is 9.33. The Morgan fingerprint density at radius 2 is 1.31 bits per heavy atom. The van der Waals surface area contributed by atoms with Gasteiger partial charge in [-0.15, -0.1) is 0 Å². The van der Waals surface area contributed by atoms with E-state index >= 15 is 0 Å². The van der Waals surface area contributed by atoms with Gasteiger partial charge in [-0.2, -0.15) is 0 Å². The van der Waals surface area contributed by atoms with Crippen LogP contribution in [0.5, 0.6) is 0 Å². The van der Waals surface area contributed by atoms with Gasteiger partial charge in [-0.1, -0.05) is 44.2 Å². The van der Waals surface area contributed by atoms with Crippen LogP contribution in [0.15, 0.2) is 30.3 Å². The number of nitrogens with one attached hydrogen (secondary N) is 1. The molecule has 0 heterocycles. The first-order chi connectivity index (χ1) is 15.5. The molecule has 0 saturated heterocycles. The Labute approximate surface area is 194 Å². The van der Waals surface area contributed by atoms with Crippen molar-refractivity contribution in [3.05, 3.63) is 35.9 Å². The molecule has 8 heteroatoms. The number of hydrogen-bond donors (Lipinski definition) is 2. The van der Waals surface area contributed by atoms with Crippen LogP contribution >= 0.6 is 0 Å². The normalized spacial score (nSPS) is 12.8. The molecular weight excluding hydrogens is 412 g/mol. The first-order valence-corrected chi connectivity index (χ1v) is 11.7. The maximum atomic E-state index is 11.9. The molecule has 0 aliphatic carbocycles. The lowest BCUT2D eigenvalue weighted by molar-refractivity contribution is -0.153. The monoisotopic (exact) mass is 456 g/mol. The highest BCUT2D eigenvalue weighted by Crippen LogP contribution is 2.07.